The molecule has 0 spiro atoms. The van der Waals surface area contributed by atoms with E-state index < -0.39 is 17.4 Å². The van der Waals surface area contributed by atoms with E-state index in [-0.39, 0.29) is 5.88 Å². The number of rotatable bonds is 5. The van der Waals surface area contributed by atoms with Gasteiger partial charge in [0, 0.05) is 43.4 Å². The first-order valence-electron chi connectivity index (χ1n) is 12.2. The van der Waals surface area contributed by atoms with Gasteiger partial charge >= 0.3 is 0 Å². The van der Waals surface area contributed by atoms with Gasteiger partial charge in [0.2, 0.25) is 17.6 Å². The summed E-state index contributed by atoms with van der Waals surface area (Å²) < 4.78 is 41.4. The Morgan fingerprint density at radius 3 is 2.70 bits per heavy atom. The Kier molecular flexibility index (Phi) is 5.96. The molecule has 0 amide bonds. The largest absolute Gasteiger partial charge is 0.465 e. The first-order chi connectivity index (χ1) is 17.9. The summed E-state index contributed by atoms with van der Waals surface area (Å²) in [5.74, 6) is 0.237. The molecule has 8 nitrogen and oxygen atoms in total. The van der Waals surface area contributed by atoms with E-state index in [4.69, 9.17) is 9.15 Å². The van der Waals surface area contributed by atoms with Crippen molar-refractivity contribution in [3.63, 3.8) is 0 Å². The third-order valence-electron chi connectivity index (χ3n) is 6.67. The lowest BCUT2D eigenvalue weighted by Gasteiger charge is -2.32. The van der Waals surface area contributed by atoms with E-state index >= 15 is 4.39 Å². The zero-order chi connectivity index (χ0) is 25.5. The number of aromatic nitrogens is 2. The van der Waals surface area contributed by atoms with E-state index in [2.05, 4.69) is 32.2 Å². The number of halogens is 2. The van der Waals surface area contributed by atoms with Gasteiger partial charge in [-0.05, 0) is 50.2 Å². The van der Waals surface area contributed by atoms with E-state index in [9.17, 15) is 4.39 Å². The molecule has 3 aromatic rings. The van der Waals surface area contributed by atoms with E-state index in [1.54, 1.807) is 12.3 Å². The van der Waals surface area contributed by atoms with Gasteiger partial charge in [-0.2, -0.15) is 9.97 Å². The Morgan fingerprint density at radius 2 is 1.92 bits per heavy atom. The van der Waals surface area contributed by atoms with Crippen molar-refractivity contribution in [1.82, 2.24) is 14.9 Å². The summed E-state index contributed by atoms with van der Waals surface area (Å²) in [6.07, 6.45) is 5.74. The number of nitrogens with zero attached hydrogens (tertiary/aromatic N) is 5. The highest BCUT2D eigenvalue weighted by atomic mass is 19.1. The Labute approximate surface area is 213 Å². The summed E-state index contributed by atoms with van der Waals surface area (Å²) >= 11 is 0. The number of hydrogen-bond donors (Lipinski definition) is 1. The lowest BCUT2D eigenvalue weighted by Crippen LogP contribution is -2.45. The van der Waals surface area contributed by atoms with Crippen LogP contribution in [0.15, 0.2) is 51.6 Å². The van der Waals surface area contributed by atoms with Crippen molar-refractivity contribution in [1.29, 1.82) is 0 Å². The quantitative estimate of drug-likeness (QED) is 0.537. The number of allylic oxidation sites excluding steroid dienone is 1. The molecule has 4 heterocycles. The highest BCUT2D eigenvalue weighted by Crippen LogP contribution is 2.37. The second kappa shape index (κ2) is 9.44. The zero-order valence-electron chi connectivity index (χ0n) is 20.6. The van der Waals surface area contributed by atoms with Crippen LogP contribution in [0, 0.1) is 11.6 Å². The molecule has 37 heavy (non-hydrogen) atoms. The Bertz CT molecular complexity index is 1440. The predicted octanol–water partition coefficient (Wildman–Crippen LogP) is 4.76. The van der Waals surface area contributed by atoms with E-state index in [0.717, 1.165) is 30.0 Å². The monoisotopic (exact) mass is 504 g/mol. The summed E-state index contributed by atoms with van der Waals surface area (Å²) in [5, 5.41) is 3.19. The van der Waals surface area contributed by atoms with Gasteiger partial charge in [-0.25, -0.2) is 8.78 Å². The third-order valence-corrected chi connectivity index (χ3v) is 6.67. The molecule has 1 saturated heterocycles. The Balaban J connectivity index is 1.32. The van der Waals surface area contributed by atoms with E-state index in [1.165, 1.54) is 12.1 Å². The molecule has 1 aliphatic carbocycles. The average Bonchev–Trinajstić information content (AvgIpc) is 3.63. The smallest absolute Gasteiger partial charge is 0.230 e. The molecular formula is C27H26F2N6O2. The van der Waals surface area contributed by atoms with Gasteiger partial charge in [-0.3, -0.25) is 4.99 Å². The van der Waals surface area contributed by atoms with Gasteiger partial charge in [0.05, 0.1) is 12.8 Å². The number of ether oxygens (including phenoxy) is 1. The molecule has 2 aliphatic heterocycles. The molecular weight excluding hydrogens is 478 g/mol. The SMILES string of the molecule is CC1=Cc2c(cc(F)c(Oc3cc(NC4=NCC(c5ccco5)=C4)nc(N4CCN(C)CC4)n3)c2F)C1. The zero-order valence-corrected chi connectivity index (χ0v) is 20.6. The molecule has 6 rings (SSSR count). The van der Waals surface area contributed by atoms with Crippen molar-refractivity contribution in [2.24, 2.45) is 4.99 Å². The molecule has 0 radical (unpaired) electrons. The minimum Gasteiger partial charge on any atom is -0.465 e. The van der Waals surface area contributed by atoms with Crippen molar-refractivity contribution >= 4 is 29.3 Å². The normalized spacial score (nSPS) is 17.4. The van der Waals surface area contributed by atoms with Crippen molar-refractivity contribution in [2.45, 2.75) is 13.3 Å². The topological polar surface area (TPSA) is 79.0 Å². The van der Waals surface area contributed by atoms with Crippen molar-refractivity contribution in [2.75, 3.05) is 50.0 Å². The highest BCUT2D eigenvalue weighted by Gasteiger charge is 2.25. The van der Waals surface area contributed by atoms with Crippen LogP contribution >= 0.6 is 0 Å². The number of nitrogens with one attached hydrogen (secondary N) is 1. The summed E-state index contributed by atoms with van der Waals surface area (Å²) in [7, 11) is 2.06. The molecule has 3 aliphatic rings. The van der Waals surface area contributed by atoms with Crippen molar-refractivity contribution in [3.8, 4) is 11.6 Å². The van der Waals surface area contributed by atoms with Gasteiger partial charge < -0.3 is 24.3 Å². The molecule has 1 aromatic carbocycles. The fraction of sp³-hybridized carbons (Fsp3) is 0.296. The van der Waals surface area contributed by atoms with Crippen LogP contribution in [-0.4, -0.2) is 60.5 Å². The summed E-state index contributed by atoms with van der Waals surface area (Å²) in [6.45, 7) is 5.48. The van der Waals surface area contributed by atoms with Gasteiger partial charge in [0.15, 0.2) is 11.6 Å². The van der Waals surface area contributed by atoms with Crippen LogP contribution in [0.2, 0.25) is 0 Å². The van der Waals surface area contributed by atoms with Gasteiger partial charge in [-0.15, -0.1) is 0 Å². The molecule has 1 fully saturated rings. The number of benzene rings is 1. The maximum atomic E-state index is 15.3. The highest BCUT2D eigenvalue weighted by molar-refractivity contribution is 6.10. The van der Waals surface area contributed by atoms with Gasteiger partial charge in [0.1, 0.15) is 17.4 Å². The minimum atomic E-state index is -0.764. The number of furan rings is 1. The van der Waals surface area contributed by atoms with Gasteiger partial charge in [-0.1, -0.05) is 11.6 Å². The van der Waals surface area contributed by atoms with Gasteiger partial charge in [0.25, 0.3) is 0 Å². The van der Waals surface area contributed by atoms with E-state index in [1.807, 2.05) is 30.0 Å². The molecule has 0 bridgehead atoms. The van der Waals surface area contributed by atoms with E-state index in [0.29, 0.717) is 54.8 Å². The molecule has 2 aromatic heterocycles. The van der Waals surface area contributed by atoms with Crippen molar-refractivity contribution in [3.05, 3.63) is 70.7 Å². The van der Waals surface area contributed by atoms with Crippen LogP contribution in [0.25, 0.3) is 11.6 Å². The first kappa shape index (κ1) is 23.4. The maximum absolute atomic E-state index is 15.3. The Hall–Kier alpha value is -4.05. The fourth-order valence-electron chi connectivity index (χ4n) is 4.68. The fourth-order valence-corrected chi connectivity index (χ4v) is 4.68. The summed E-state index contributed by atoms with van der Waals surface area (Å²) in [4.78, 5) is 17.9. The van der Waals surface area contributed by atoms with Crippen LogP contribution in [0.3, 0.4) is 0 Å². The number of fused-ring (bicyclic) bond motifs is 1. The molecule has 0 atom stereocenters. The molecule has 10 heteroatoms. The maximum Gasteiger partial charge on any atom is 0.230 e. The molecule has 190 valence electrons. The average molecular weight is 505 g/mol. The molecule has 1 N–H and O–H groups in total. The number of piperazine rings is 1. The Morgan fingerprint density at radius 1 is 1.08 bits per heavy atom. The summed E-state index contributed by atoms with van der Waals surface area (Å²) in [6, 6.07) is 6.56. The predicted molar refractivity (Wildman–Crippen MR) is 138 cm³/mol. The van der Waals surface area contributed by atoms with Crippen LogP contribution < -0.4 is 15.0 Å². The number of hydrogen-bond acceptors (Lipinski definition) is 8. The lowest BCUT2D eigenvalue weighted by atomic mass is 10.1. The standard InChI is InChI=1S/C27H26F2N6O2/c1-16-10-17-12-20(28)26(25(29)19(17)11-16)37-24-14-23(32-27(33-24)35-7-5-34(2)6-8-35)31-22-13-18(15-30-22)21-4-3-9-36-21/h3-4,9,11-14H,5-8,10,15H2,1-2H3,(H,30,31,32,33). The summed E-state index contributed by atoms with van der Waals surface area (Å²) in [5.41, 5.74) is 2.87. The van der Waals surface area contributed by atoms with Crippen LogP contribution in [0.1, 0.15) is 23.8 Å². The first-order valence-corrected chi connectivity index (χ1v) is 12.2. The number of aliphatic imine (C=N–C) groups is 1. The minimum absolute atomic E-state index is 0.0386. The lowest BCUT2D eigenvalue weighted by molar-refractivity contribution is 0.310. The number of likely N-dealkylation sites (N-methyl/N-ethyl adjacent to an activating group) is 1. The van der Waals surface area contributed by atoms with Crippen LogP contribution in [0.5, 0.6) is 11.6 Å². The van der Waals surface area contributed by atoms with Crippen molar-refractivity contribution < 1.29 is 17.9 Å². The number of amidine groups is 1. The third kappa shape index (κ3) is 4.72. The second-order valence-corrected chi connectivity index (χ2v) is 9.50. The molecule has 0 saturated carbocycles. The molecule has 0 unspecified atom stereocenters. The second-order valence-electron chi connectivity index (χ2n) is 9.50. The number of anilines is 2. The van der Waals surface area contributed by atoms with Crippen LogP contribution in [0.4, 0.5) is 20.5 Å². The van der Waals surface area contributed by atoms with Crippen LogP contribution in [-0.2, 0) is 6.42 Å².